The molecule has 0 saturated carbocycles. The Bertz CT molecular complexity index is 659. The van der Waals surface area contributed by atoms with E-state index >= 15 is 0 Å². The number of aryl methyl sites for hydroxylation is 1. The number of halogens is 1. The van der Waals surface area contributed by atoms with Crippen LogP contribution >= 0.6 is 22.9 Å². The fraction of sp³-hybridized carbons (Fsp3) is 0.312. The fourth-order valence-electron chi connectivity index (χ4n) is 1.91. The molecule has 21 heavy (non-hydrogen) atoms. The van der Waals surface area contributed by atoms with Crippen LogP contribution in [0.4, 0.5) is 0 Å². The van der Waals surface area contributed by atoms with Crippen molar-refractivity contribution in [1.29, 1.82) is 0 Å². The first kappa shape index (κ1) is 16.0. The first-order valence-electron chi connectivity index (χ1n) is 6.70. The van der Waals surface area contributed by atoms with Gasteiger partial charge in [0.25, 0.3) is 5.91 Å². The van der Waals surface area contributed by atoms with Gasteiger partial charge in [0.1, 0.15) is 0 Å². The molecule has 1 heterocycles. The highest BCUT2D eigenvalue weighted by Crippen LogP contribution is 2.33. The van der Waals surface area contributed by atoms with Crippen molar-refractivity contribution < 1.29 is 4.79 Å². The SMILES string of the molecule is Cc1cc(C(=O)NCC(C)(C)N)sc1-c1cccc(Cl)c1. The lowest BCUT2D eigenvalue weighted by Gasteiger charge is -2.18. The van der Waals surface area contributed by atoms with E-state index in [1.54, 1.807) is 0 Å². The molecular formula is C16H19ClN2OS. The van der Waals surface area contributed by atoms with Crippen LogP contribution in [0.5, 0.6) is 0 Å². The second-order valence-electron chi connectivity index (χ2n) is 5.80. The van der Waals surface area contributed by atoms with Crippen molar-refractivity contribution in [3.05, 3.63) is 45.8 Å². The molecule has 5 heteroatoms. The Balaban J connectivity index is 2.21. The number of amides is 1. The highest BCUT2D eigenvalue weighted by atomic mass is 35.5. The minimum atomic E-state index is -0.419. The van der Waals surface area contributed by atoms with E-state index in [9.17, 15) is 4.79 Å². The number of nitrogens with two attached hydrogens (primary N) is 1. The number of rotatable bonds is 4. The summed E-state index contributed by atoms with van der Waals surface area (Å²) in [7, 11) is 0. The number of hydrogen-bond acceptors (Lipinski definition) is 3. The molecule has 1 amide bonds. The maximum absolute atomic E-state index is 12.2. The van der Waals surface area contributed by atoms with E-state index in [2.05, 4.69) is 5.32 Å². The minimum absolute atomic E-state index is 0.0881. The third kappa shape index (κ3) is 4.30. The van der Waals surface area contributed by atoms with Crippen LogP contribution in [-0.4, -0.2) is 18.0 Å². The van der Waals surface area contributed by atoms with E-state index in [-0.39, 0.29) is 5.91 Å². The summed E-state index contributed by atoms with van der Waals surface area (Å²) in [5.74, 6) is -0.0881. The van der Waals surface area contributed by atoms with Crippen LogP contribution in [0.25, 0.3) is 10.4 Å². The smallest absolute Gasteiger partial charge is 0.261 e. The van der Waals surface area contributed by atoms with Gasteiger partial charge in [-0.15, -0.1) is 11.3 Å². The Morgan fingerprint density at radius 3 is 2.71 bits per heavy atom. The van der Waals surface area contributed by atoms with Gasteiger partial charge in [0, 0.05) is 22.0 Å². The van der Waals surface area contributed by atoms with E-state index in [1.165, 1.54) is 11.3 Å². The van der Waals surface area contributed by atoms with Gasteiger partial charge in [-0.25, -0.2) is 0 Å². The van der Waals surface area contributed by atoms with Gasteiger partial charge in [-0.2, -0.15) is 0 Å². The molecule has 3 N–H and O–H groups in total. The second kappa shape index (κ2) is 6.18. The van der Waals surface area contributed by atoms with Gasteiger partial charge in [-0.1, -0.05) is 23.7 Å². The number of benzene rings is 1. The van der Waals surface area contributed by atoms with Crippen molar-refractivity contribution in [2.24, 2.45) is 5.73 Å². The number of carbonyl (C=O) groups excluding carboxylic acids is 1. The average Bonchev–Trinajstić information content (AvgIpc) is 2.77. The van der Waals surface area contributed by atoms with Crippen LogP contribution in [0.15, 0.2) is 30.3 Å². The molecule has 2 rings (SSSR count). The first-order chi connectivity index (χ1) is 9.76. The van der Waals surface area contributed by atoms with E-state index in [1.807, 2.05) is 51.1 Å². The standard InChI is InChI=1S/C16H19ClN2OS/c1-10-7-13(15(20)19-9-16(2,3)18)21-14(10)11-5-4-6-12(17)8-11/h4-8H,9,18H2,1-3H3,(H,19,20). The van der Waals surface area contributed by atoms with E-state index in [4.69, 9.17) is 17.3 Å². The molecule has 2 aromatic rings. The summed E-state index contributed by atoms with van der Waals surface area (Å²) in [5.41, 5.74) is 7.56. The normalized spacial score (nSPS) is 11.5. The summed E-state index contributed by atoms with van der Waals surface area (Å²) in [4.78, 5) is 13.9. The summed E-state index contributed by atoms with van der Waals surface area (Å²) < 4.78 is 0. The predicted octanol–water partition coefficient (Wildman–Crippen LogP) is 3.84. The highest BCUT2D eigenvalue weighted by Gasteiger charge is 2.17. The van der Waals surface area contributed by atoms with Crippen LogP contribution in [-0.2, 0) is 0 Å². The number of hydrogen-bond donors (Lipinski definition) is 2. The highest BCUT2D eigenvalue weighted by molar-refractivity contribution is 7.17. The minimum Gasteiger partial charge on any atom is -0.350 e. The van der Waals surface area contributed by atoms with Crippen LogP contribution in [0.2, 0.25) is 5.02 Å². The molecule has 1 aromatic heterocycles. The predicted molar refractivity (Wildman–Crippen MR) is 90.1 cm³/mol. The number of nitrogens with one attached hydrogen (secondary N) is 1. The zero-order valence-corrected chi connectivity index (χ0v) is 13.9. The summed E-state index contributed by atoms with van der Waals surface area (Å²) in [6.07, 6.45) is 0. The Hall–Kier alpha value is -1.36. The van der Waals surface area contributed by atoms with E-state index < -0.39 is 5.54 Å². The van der Waals surface area contributed by atoms with Crippen LogP contribution < -0.4 is 11.1 Å². The summed E-state index contributed by atoms with van der Waals surface area (Å²) in [6.45, 7) is 6.19. The van der Waals surface area contributed by atoms with Crippen molar-refractivity contribution in [2.45, 2.75) is 26.3 Å². The maximum atomic E-state index is 12.2. The average molecular weight is 323 g/mol. The molecule has 0 fully saturated rings. The molecule has 112 valence electrons. The Kier molecular flexibility index (Phi) is 4.71. The van der Waals surface area contributed by atoms with E-state index in [0.717, 1.165) is 16.0 Å². The number of thiophene rings is 1. The van der Waals surface area contributed by atoms with Crippen molar-refractivity contribution in [1.82, 2.24) is 5.32 Å². The molecule has 0 unspecified atom stereocenters. The largest absolute Gasteiger partial charge is 0.350 e. The number of carbonyl (C=O) groups is 1. The second-order valence-corrected chi connectivity index (χ2v) is 7.29. The Morgan fingerprint density at radius 2 is 2.10 bits per heavy atom. The lowest BCUT2D eigenvalue weighted by Crippen LogP contribution is -2.44. The van der Waals surface area contributed by atoms with Crippen molar-refractivity contribution in [3.63, 3.8) is 0 Å². The van der Waals surface area contributed by atoms with Gasteiger partial charge < -0.3 is 11.1 Å². The molecule has 0 bridgehead atoms. The summed E-state index contributed by atoms with van der Waals surface area (Å²) >= 11 is 7.50. The van der Waals surface area contributed by atoms with Gasteiger partial charge >= 0.3 is 0 Å². The van der Waals surface area contributed by atoms with Crippen molar-refractivity contribution >= 4 is 28.8 Å². The molecule has 0 aliphatic heterocycles. The van der Waals surface area contributed by atoms with Crippen LogP contribution in [0, 0.1) is 6.92 Å². The molecule has 0 saturated heterocycles. The molecule has 0 aliphatic rings. The quantitative estimate of drug-likeness (QED) is 0.898. The lowest BCUT2D eigenvalue weighted by atomic mass is 10.1. The van der Waals surface area contributed by atoms with Gasteiger partial charge in [-0.3, -0.25) is 4.79 Å². The zero-order chi connectivity index (χ0) is 15.6. The fourth-order valence-corrected chi connectivity index (χ4v) is 3.18. The summed E-state index contributed by atoms with van der Waals surface area (Å²) in [5, 5.41) is 3.55. The molecule has 0 aliphatic carbocycles. The third-order valence-electron chi connectivity index (χ3n) is 2.93. The molecule has 1 aromatic carbocycles. The third-order valence-corrected chi connectivity index (χ3v) is 4.45. The Labute approximate surface area is 134 Å². The molecule has 0 radical (unpaired) electrons. The van der Waals surface area contributed by atoms with Gasteiger partial charge in [0.05, 0.1) is 4.88 Å². The van der Waals surface area contributed by atoms with Crippen molar-refractivity contribution in [2.75, 3.05) is 6.54 Å². The van der Waals surface area contributed by atoms with Crippen molar-refractivity contribution in [3.8, 4) is 10.4 Å². The Morgan fingerprint density at radius 1 is 1.38 bits per heavy atom. The molecule has 0 atom stereocenters. The lowest BCUT2D eigenvalue weighted by molar-refractivity contribution is 0.0950. The molecule has 3 nitrogen and oxygen atoms in total. The summed E-state index contributed by atoms with van der Waals surface area (Å²) in [6, 6.07) is 9.55. The topological polar surface area (TPSA) is 55.1 Å². The van der Waals surface area contributed by atoms with Gasteiger partial charge in [0.2, 0.25) is 0 Å². The molecular weight excluding hydrogens is 304 g/mol. The van der Waals surface area contributed by atoms with Gasteiger partial charge in [-0.05, 0) is 50.1 Å². The van der Waals surface area contributed by atoms with Crippen LogP contribution in [0.3, 0.4) is 0 Å². The first-order valence-corrected chi connectivity index (χ1v) is 7.89. The zero-order valence-electron chi connectivity index (χ0n) is 12.4. The van der Waals surface area contributed by atoms with Crippen LogP contribution in [0.1, 0.15) is 29.1 Å². The molecule has 0 spiro atoms. The monoisotopic (exact) mass is 322 g/mol. The maximum Gasteiger partial charge on any atom is 0.261 e. The van der Waals surface area contributed by atoms with E-state index in [0.29, 0.717) is 16.4 Å². The van der Waals surface area contributed by atoms with Gasteiger partial charge in [0.15, 0.2) is 0 Å².